The maximum Gasteiger partial charge on any atom is 0.260 e. The fourth-order valence-corrected chi connectivity index (χ4v) is 6.85. The molecule has 0 radical (unpaired) electrons. The Bertz CT molecular complexity index is 1290. The second-order valence-corrected chi connectivity index (χ2v) is 11.9. The lowest BCUT2D eigenvalue weighted by Crippen LogP contribution is -2.40. The fraction of sp³-hybridized carbons (Fsp3) is 0.440. The monoisotopic (exact) mass is 515 g/mol. The highest BCUT2D eigenvalue weighted by Crippen LogP contribution is 2.32. The van der Waals surface area contributed by atoms with Crippen molar-refractivity contribution >= 4 is 42.6 Å². The van der Waals surface area contributed by atoms with E-state index in [-0.39, 0.29) is 16.9 Å². The van der Waals surface area contributed by atoms with Gasteiger partial charge in [-0.2, -0.15) is 4.31 Å². The van der Waals surface area contributed by atoms with Gasteiger partial charge in [0.15, 0.2) is 5.13 Å². The Hall–Kier alpha value is -2.37. The molecule has 0 spiro atoms. The molecule has 5 rings (SSSR count). The minimum Gasteiger partial charge on any atom is -0.379 e. The Morgan fingerprint density at radius 1 is 1.11 bits per heavy atom. The van der Waals surface area contributed by atoms with Crippen molar-refractivity contribution < 1.29 is 22.7 Å². The lowest BCUT2D eigenvalue weighted by Gasteiger charge is -2.26. The molecule has 1 unspecified atom stereocenters. The van der Waals surface area contributed by atoms with Gasteiger partial charge in [-0.15, -0.1) is 0 Å². The standard InChI is InChI=1S/C25H29N3O5S2/c1-17-14-22-23(15-18(17)2)34-25(26-22)28(16-20-4-3-11-33-20)24(29)19-5-7-21(8-6-19)35(30,31)27-9-12-32-13-10-27/h5-8,14-15,20H,3-4,9-13,16H2,1-2H3. The number of aryl methyl sites for hydroxylation is 2. The quantitative estimate of drug-likeness (QED) is 0.497. The van der Waals surface area contributed by atoms with Crippen LogP contribution in [0.1, 0.15) is 34.3 Å². The fourth-order valence-electron chi connectivity index (χ4n) is 4.38. The van der Waals surface area contributed by atoms with Crippen LogP contribution in [0.15, 0.2) is 41.3 Å². The van der Waals surface area contributed by atoms with E-state index in [1.807, 2.05) is 6.07 Å². The van der Waals surface area contributed by atoms with E-state index in [0.29, 0.717) is 50.1 Å². The van der Waals surface area contributed by atoms with E-state index in [9.17, 15) is 13.2 Å². The Morgan fingerprint density at radius 3 is 2.51 bits per heavy atom. The third kappa shape index (κ3) is 4.99. The second kappa shape index (κ2) is 9.94. The number of nitrogens with zero attached hydrogens (tertiary/aromatic N) is 3. The summed E-state index contributed by atoms with van der Waals surface area (Å²) >= 11 is 1.48. The average Bonchev–Trinajstić information content (AvgIpc) is 3.53. The number of amides is 1. The first-order valence-corrected chi connectivity index (χ1v) is 14.1. The number of morpholine rings is 1. The third-order valence-electron chi connectivity index (χ3n) is 6.59. The summed E-state index contributed by atoms with van der Waals surface area (Å²) in [5.41, 5.74) is 3.62. The van der Waals surface area contributed by atoms with Gasteiger partial charge in [-0.25, -0.2) is 13.4 Å². The van der Waals surface area contributed by atoms with Crippen molar-refractivity contribution in [3.8, 4) is 0 Å². The van der Waals surface area contributed by atoms with Gasteiger partial charge in [0.05, 0.1) is 41.0 Å². The molecule has 2 aromatic carbocycles. The number of hydrogen-bond acceptors (Lipinski definition) is 7. The van der Waals surface area contributed by atoms with Crippen LogP contribution in [0, 0.1) is 13.8 Å². The summed E-state index contributed by atoms with van der Waals surface area (Å²) in [6.45, 7) is 6.64. The molecule has 2 aliphatic rings. The minimum absolute atomic E-state index is 0.0459. The zero-order valence-corrected chi connectivity index (χ0v) is 21.5. The maximum atomic E-state index is 13.7. The molecule has 0 aliphatic carbocycles. The van der Waals surface area contributed by atoms with E-state index in [1.165, 1.54) is 33.3 Å². The first kappa shape index (κ1) is 24.3. The molecule has 10 heteroatoms. The van der Waals surface area contributed by atoms with E-state index >= 15 is 0 Å². The molecule has 186 valence electrons. The number of carbonyl (C=O) groups excluding carboxylic acids is 1. The van der Waals surface area contributed by atoms with Crippen LogP contribution in [-0.2, 0) is 19.5 Å². The van der Waals surface area contributed by atoms with Gasteiger partial charge in [-0.1, -0.05) is 11.3 Å². The number of hydrogen-bond donors (Lipinski definition) is 0. The number of rotatable bonds is 6. The van der Waals surface area contributed by atoms with Crippen LogP contribution in [-0.4, -0.2) is 69.2 Å². The number of anilines is 1. The highest BCUT2D eigenvalue weighted by Gasteiger charge is 2.29. The Balaban J connectivity index is 1.44. The molecular weight excluding hydrogens is 486 g/mol. The van der Waals surface area contributed by atoms with E-state index < -0.39 is 10.0 Å². The Labute approximate surface area is 209 Å². The molecule has 1 amide bonds. The van der Waals surface area contributed by atoms with Crippen molar-refractivity contribution in [2.75, 3.05) is 44.4 Å². The molecular formula is C25H29N3O5S2. The van der Waals surface area contributed by atoms with Crippen LogP contribution in [0.25, 0.3) is 10.2 Å². The molecule has 3 aromatic rings. The highest BCUT2D eigenvalue weighted by atomic mass is 32.2. The smallest absolute Gasteiger partial charge is 0.260 e. The molecule has 0 bridgehead atoms. The highest BCUT2D eigenvalue weighted by molar-refractivity contribution is 7.89. The summed E-state index contributed by atoms with van der Waals surface area (Å²) in [5.74, 6) is -0.219. The summed E-state index contributed by atoms with van der Waals surface area (Å²) in [4.78, 5) is 20.3. The Kier molecular flexibility index (Phi) is 6.91. The van der Waals surface area contributed by atoms with Crippen LogP contribution in [0.3, 0.4) is 0 Å². The first-order chi connectivity index (χ1) is 16.8. The van der Waals surface area contributed by atoms with E-state index in [0.717, 1.165) is 28.6 Å². The maximum absolute atomic E-state index is 13.7. The van der Waals surface area contributed by atoms with Crippen molar-refractivity contribution in [3.05, 3.63) is 53.1 Å². The molecule has 8 nitrogen and oxygen atoms in total. The van der Waals surface area contributed by atoms with Gasteiger partial charge in [0.25, 0.3) is 5.91 Å². The summed E-state index contributed by atoms with van der Waals surface area (Å²) < 4.78 is 39.5. The van der Waals surface area contributed by atoms with E-state index in [1.54, 1.807) is 17.0 Å². The van der Waals surface area contributed by atoms with Gasteiger partial charge < -0.3 is 9.47 Å². The van der Waals surface area contributed by atoms with E-state index in [2.05, 4.69) is 19.9 Å². The zero-order valence-electron chi connectivity index (χ0n) is 19.9. The third-order valence-corrected chi connectivity index (χ3v) is 9.54. The molecule has 1 atom stereocenters. The van der Waals surface area contributed by atoms with Crippen molar-refractivity contribution in [1.82, 2.24) is 9.29 Å². The number of thiazole rings is 1. The van der Waals surface area contributed by atoms with E-state index in [4.69, 9.17) is 14.5 Å². The van der Waals surface area contributed by atoms with Gasteiger partial charge in [-0.3, -0.25) is 9.69 Å². The number of ether oxygens (including phenoxy) is 2. The number of sulfonamides is 1. The largest absolute Gasteiger partial charge is 0.379 e. The molecule has 3 heterocycles. The van der Waals surface area contributed by atoms with Crippen LogP contribution in [0.2, 0.25) is 0 Å². The number of fused-ring (bicyclic) bond motifs is 1. The minimum atomic E-state index is -3.62. The molecule has 0 saturated carbocycles. The molecule has 2 saturated heterocycles. The zero-order chi connectivity index (χ0) is 24.6. The van der Waals surface area contributed by atoms with Crippen LogP contribution >= 0.6 is 11.3 Å². The number of benzene rings is 2. The first-order valence-electron chi connectivity index (χ1n) is 11.8. The van der Waals surface area contributed by atoms with Crippen LogP contribution in [0.4, 0.5) is 5.13 Å². The summed E-state index contributed by atoms with van der Waals surface area (Å²) in [5, 5.41) is 0.621. The lowest BCUT2D eigenvalue weighted by molar-refractivity contribution is 0.0730. The van der Waals surface area contributed by atoms with Crippen LogP contribution in [0.5, 0.6) is 0 Å². The van der Waals surface area contributed by atoms with Crippen molar-refractivity contribution in [2.45, 2.75) is 37.7 Å². The molecule has 35 heavy (non-hydrogen) atoms. The predicted octanol–water partition coefficient (Wildman–Crippen LogP) is 3.76. The van der Waals surface area contributed by atoms with Crippen molar-refractivity contribution in [1.29, 1.82) is 0 Å². The Morgan fingerprint density at radius 2 is 1.83 bits per heavy atom. The van der Waals surface area contributed by atoms with Gasteiger partial charge in [0, 0.05) is 25.3 Å². The molecule has 2 fully saturated rings. The summed E-state index contributed by atoms with van der Waals surface area (Å²) in [6, 6.07) is 10.3. The van der Waals surface area contributed by atoms with Crippen molar-refractivity contribution in [2.24, 2.45) is 0 Å². The molecule has 2 aliphatic heterocycles. The lowest BCUT2D eigenvalue weighted by atomic mass is 10.1. The van der Waals surface area contributed by atoms with Gasteiger partial charge in [0.2, 0.25) is 10.0 Å². The normalized spacial score (nSPS) is 19.3. The molecule has 0 N–H and O–H groups in total. The summed E-state index contributed by atoms with van der Waals surface area (Å²) in [7, 11) is -3.62. The van der Waals surface area contributed by atoms with Crippen molar-refractivity contribution in [3.63, 3.8) is 0 Å². The second-order valence-electron chi connectivity index (χ2n) is 8.99. The van der Waals surface area contributed by atoms with Crippen LogP contribution < -0.4 is 4.90 Å². The summed E-state index contributed by atoms with van der Waals surface area (Å²) in [6.07, 6.45) is 1.82. The van der Waals surface area contributed by atoms with Gasteiger partial charge >= 0.3 is 0 Å². The number of carbonyl (C=O) groups is 1. The molecule has 1 aromatic heterocycles. The topological polar surface area (TPSA) is 89.0 Å². The average molecular weight is 516 g/mol. The van der Waals surface area contributed by atoms with Gasteiger partial charge in [0.1, 0.15) is 0 Å². The number of aromatic nitrogens is 1. The predicted molar refractivity (Wildman–Crippen MR) is 136 cm³/mol. The van der Waals surface area contributed by atoms with Gasteiger partial charge in [-0.05, 0) is 74.2 Å². The SMILES string of the molecule is Cc1cc2nc(N(CC3CCCO3)C(=O)c3ccc(S(=O)(=O)N4CCOCC4)cc3)sc2cc1C.